The Kier molecular flexibility index (Phi) is 6.11. The zero-order chi connectivity index (χ0) is 20.2. The molecule has 0 heterocycles. The fourth-order valence-corrected chi connectivity index (χ4v) is 3.24. The summed E-state index contributed by atoms with van der Waals surface area (Å²) in [6, 6.07) is 8.76. The van der Waals surface area contributed by atoms with Crippen molar-refractivity contribution >= 4 is 21.6 Å². The number of nitrogens with one attached hydrogen (secondary N) is 2. The third-order valence-electron chi connectivity index (χ3n) is 3.58. The first kappa shape index (κ1) is 20.7. The molecule has 146 valence electrons. The number of amides is 1. The normalized spacial score (nSPS) is 11.9. The van der Waals surface area contributed by atoms with Crippen LogP contribution < -0.4 is 14.8 Å². The van der Waals surface area contributed by atoms with Crippen molar-refractivity contribution in [2.75, 3.05) is 19.0 Å². The van der Waals surface area contributed by atoms with Gasteiger partial charge in [-0.2, -0.15) is 13.2 Å². The van der Waals surface area contributed by atoms with Crippen molar-refractivity contribution in [1.82, 2.24) is 4.72 Å². The Labute approximate surface area is 154 Å². The number of carbonyl (C=O) groups excluding carboxylic acids is 1. The summed E-state index contributed by atoms with van der Waals surface area (Å²) < 4.78 is 69.8. The molecule has 0 fully saturated rings. The number of sulfonamides is 1. The van der Waals surface area contributed by atoms with E-state index < -0.39 is 40.0 Å². The molecule has 0 atom stereocenters. The smallest absolute Gasteiger partial charge is 0.419 e. The van der Waals surface area contributed by atoms with Gasteiger partial charge in [0.2, 0.25) is 10.0 Å². The predicted octanol–water partition coefficient (Wildman–Crippen LogP) is 2.94. The molecule has 2 rings (SSSR count). The summed E-state index contributed by atoms with van der Waals surface area (Å²) in [6.45, 7) is 0.919. The summed E-state index contributed by atoms with van der Waals surface area (Å²) in [5.41, 5.74) is -0.347. The molecular weight excluding hydrogens is 385 g/mol. The van der Waals surface area contributed by atoms with E-state index in [-0.39, 0.29) is 10.6 Å². The topological polar surface area (TPSA) is 84.5 Å². The van der Waals surface area contributed by atoms with Gasteiger partial charge in [0.25, 0.3) is 5.91 Å². The minimum atomic E-state index is -4.61. The molecule has 0 aromatic heterocycles. The summed E-state index contributed by atoms with van der Waals surface area (Å²) in [6.07, 6.45) is -4.61. The molecule has 0 spiro atoms. The first-order chi connectivity index (χ1) is 12.5. The number of aryl methyl sites for hydroxylation is 1. The molecule has 2 aromatic carbocycles. The molecule has 6 nitrogen and oxygen atoms in total. The maximum atomic E-state index is 12.9. The highest BCUT2D eigenvalue weighted by molar-refractivity contribution is 7.89. The van der Waals surface area contributed by atoms with Crippen LogP contribution in [0.3, 0.4) is 0 Å². The molecule has 1 amide bonds. The average molecular weight is 402 g/mol. The Hall–Kier alpha value is -2.59. The van der Waals surface area contributed by atoms with Gasteiger partial charge in [-0.3, -0.25) is 4.79 Å². The minimum absolute atomic E-state index is 0.0221. The van der Waals surface area contributed by atoms with Gasteiger partial charge in [0.15, 0.2) is 6.61 Å². The number of para-hydroxylation sites is 1. The van der Waals surface area contributed by atoms with Crippen LogP contribution in [-0.2, 0) is 21.0 Å². The Morgan fingerprint density at radius 2 is 1.81 bits per heavy atom. The summed E-state index contributed by atoms with van der Waals surface area (Å²) in [5, 5.41) is 2.40. The number of anilines is 1. The van der Waals surface area contributed by atoms with E-state index in [9.17, 15) is 26.4 Å². The number of alkyl halides is 3. The predicted molar refractivity (Wildman–Crippen MR) is 93.0 cm³/mol. The van der Waals surface area contributed by atoms with Crippen LogP contribution in [0, 0.1) is 6.92 Å². The largest absolute Gasteiger partial charge is 0.483 e. The van der Waals surface area contributed by atoms with Crippen molar-refractivity contribution < 1.29 is 31.1 Å². The van der Waals surface area contributed by atoms with E-state index in [2.05, 4.69) is 10.0 Å². The van der Waals surface area contributed by atoms with Gasteiger partial charge in [0, 0.05) is 5.69 Å². The van der Waals surface area contributed by atoms with Gasteiger partial charge in [-0.25, -0.2) is 13.1 Å². The van der Waals surface area contributed by atoms with Crippen molar-refractivity contribution in [3.05, 3.63) is 53.6 Å². The third-order valence-corrected chi connectivity index (χ3v) is 5.14. The van der Waals surface area contributed by atoms with Crippen LogP contribution in [0.1, 0.15) is 11.1 Å². The van der Waals surface area contributed by atoms with E-state index in [4.69, 9.17) is 4.74 Å². The summed E-state index contributed by atoms with van der Waals surface area (Å²) >= 11 is 0. The number of rotatable bonds is 6. The van der Waals surface area contributed by atoms with Gasteiger partial charge in [-0.05, 0) is 43.8 Å². The minimum Gasteiger partial charge on any atom is -0.483 e. The molecule has 0 aliphatic heterocycles. The van der Waals surface area contributed by atoms with E-state index in [0.29, 0.717) is 5.56 Å². The van der Waals surface area contributed by atoms with Crippen LogP contribution in [0.15, 0.2) is 47.4 Å². The zero-order valence-electron chi connectivity index (χ0n) is 14.4. The van der Waals surface area contributed by atoms with Gasteiger partial charge in [0.05, 0.1) is 10.5 Å². The quantitative estimate of drug-likeness (QED) is 0.778. The van der Waals surface area contributed by atoms with E-state index in [0.717, 1.165) is 12.1 Å². The van der Waals surface area contributed by atoms with Crippen molar-refractivity contribution in [1.29, 1.82) is 0 Å². The molecule has 27 heavy (non-hydrogen) atoms. The lowest BCUT2D eigenvalue weighted by atomic mass is 10.2. The summed E-state index contributed by atoms with van der Waals surface area (Å²) in [7, 11) is -2.47. The molecule has 0 saturated heterocycles. The summed E-state index contributed by atoms with van der Waals surface area (Å²) in [4.78, 5) is 12.0. The molecule has 0 aliphatic rings. The zero-order valence-corrected chi connectivity index (χ0v) is 15.2. The molecule has 10 heteroatoms. The second-order valence-electron chi connectivity index (χ2n) is 5.52. The maximum Gasteiger partial charge on any atom is 0.419 e. The highest BCUT2D eigenvalue weighted by Crippen LogP contribution is 2.35. The van der Waals surface area contributed by atoms with Gasteiger partial charge < -0.3 is 10.1 Å². The van der Waals surface area contributed by atoms with Gasteiger partial charge in [-0.15, -0.1) is 0 Å². The maximum absolute atomic E-state index is 12.9. The fraction of sp³-hybridized carbons (Fsp3) is 0.235. The highest BCUT2D eigenvalue weighted by Gasteiger charge is 2.34. The van der Waals surface area contributed by atoms with E-state index in [1.165, 1.54) is 37.4 Å². The summed E-state index contributed by atoms with van der Waals surface area (Å²) in [5.74, 6) is -1.20. The first-order valence-electron chi connectivity index (χ1n) is 7.67. The van der Waals surface area contributed by atoms with Crippen LogP contribution in [0.4, 0.5) is 18.9 Å². The Morgan fingerprint density at radius 3 is 2.44 bits per heavy atom. The van der Waals surface area contributed by atoms with Crippen molar-refractivity contribution in [2.24, 2.45) is 0 Å². The van der Waals surface area contributed by atoms with E-state index in [1.807, 2.05) is 0 Å². The van der Waals surface area contributed by atoms with Crippen LogP contribution in [-0.4, -0.2) is 28.0 Å². The molecule has 0 saturated carbocycles. The molecule has 2 aromatic rings. The first-order valence-corrected chi connectivity index (χ1v) is 9.16. The monoisotopic (exact) mass is 402 g/mol. The number of benzene rings is 2. The van der Waals surface area contributed by atoms with Crippen LogP contribution >= 0.6 is 0 Å². The molecule has 2 N–H and O–H groups in total. The van der Waals surface area contributed by atoms with Crippen LogP contribution in [0.25, 0.3) is 0 Å². The number of ether oxygens (including phenoxy) is 1. The lowest BCUT2D eigenvalue weighted by Gasteiger charge is -2.14. The Balaban J connectivity index is 2.11. The lowest BCUT2D eigenvalue weighted by molar-refractivity contribution is -0.139. The lowest BCUT2D eigenvalue weighted by Crippen LogP contribution is -2.22. The van der Waals surface area contributed by atoms with E-state index >= 15 is 0 Å². The van der Waals surface area contributed by atoms with Crippen molar-refractivity contribution in [3.63, 3.8) is 0 Å². The van der Waals surface area contributed by atoms with Crippen molar-refractivity contribution in [3.8, 4) is 5.75 Å². The average Bonchev–Trinajstić information content (AvgIpc) is 2.61. The molecule has 0 unspecified atom stereocenters. The SMILES string of the molecule is CNS(=O)(=O)c1cc(NC(=O)COc2ccccc2C(F)(F)F)ccc1C. The van der Waals surface area contributed by atoms with E-state index in [1.54, 1.807) is 6.92 Å². The van der Waals surface area contributed by atoms with Gasteiger partial charge >= 0.3 is 6.18 Å². The third kappa shape index (κ3) is 5.20. The van der Waals surface area contributed by atoms with Gasteiger partial charge in [-0.1, -0.05) is 18.2 Å². The molecule has 0 radical (unpaired) electrons. The van der Waals surface area contributed by atoms with Crippen LogP contribution in [0.5, 0.6) is 5.75 Å². The Morgan fingerprint density at radius 1 is 1.15 bits per heavy atom. The van der Waals surface area contributed by atoms with Crippen LogP contribution in [0.2, 0.25) is 0 Å². The molecular formula is C17H17F3N2O4S. The second-order valence-corrected chi connectivity index (χ2v) is 7.37. The second kappa shape index (κ2) is 7.97. The van der Waals surface area contributed by atoms with Crippen molar-refractivity contribution in [2.45, 2.75) is 18.0 Å². The number of halogens is 3. The Bertz CT molecular complexity index is 943. The number of hydrogen-bond donors (Lipinski definition) is 2. The fourth-order valence-electron chi connectivity index (χ4n) is 2.24. The molecule has 0 bridgehead atoms. The van der Waals surface area contributed by atoms with Gasteiger partial charge in [0.1, 0.15) is 5.75 Å². The standard InChI is InChI=1S/C17H17F3N2O4S/c1-11-7-8-12(9-15(11)27(24,25)21-2)22-16(23)10-26-14-6-4-3-5-13(14)17(18,19)20/h3-9,21H,10H2,1-2H3,(H,22,23). The number of hydrogen-bond acceptors (Lipinski definition) is 4. The number of carbonyl (C=O) groups is 1. The highest BCUT2D eigenvalue weighted by atomic mass is 32.2. The molecule has 0 aliphatic carbocycles.